The van der Waals surface area contributed by atoms with Crippen molar-refractivity contribution in [2.24, 2.45) is 7.05 Å². The lowest BCUT2D eigenvalue weighted by Crippen LogP contribution is -2.62. The number of carbonyl (C=O) groups is 2. The van der Waals surface area contributed by atoms with Crippen LogP contribution in [0.3, 0.4) is 0 Å². The van der Waals surface area contributed by atoms with Crippen molar-refractivity contribution in [3.8, 4) is 5.69 Å². The molecule has 8 heteroatoms. The van der Waals surface area contributed by atoms with Gasteiger partial charge in [-0.05, 0) is 44.5 Å². The smallest absolute Gasteiger partial charge is 0.294 e. The van der Waals surface area contributed by atoms with Gasteiger partial charge in [0.05, 0.1) is 11.2 Å². The third kappa shape index (κ3) is 3.55. The van der Waals surface area contributed by atoms with Gasteiger partial charge in [-0.2, -0.15) is 0 Å². The number of amides is 2. The topological polar surface area (TPSA) is 76.3 Å². The number of nitrogens with zero attached hydrogens (tertiary/aromatic N) is 6. The van der Waals surface area contributed by atoms with Gasteiger partial charge in [-0.1, -0.05) is 36.4 Å². The molecule has 0 radical (unpaired) electrons. The van der Waals surface area contributed by atoms with Crippen LogP contribution in [-0.2, 0) is 7.05 Å². The summed E-state index contributed by atoms with van der Waals surface area (Å²) >= 11 is 0. The minimum atomic E-state index is -0.568. The van der Waals surface area contributed by atoms with E-state index < -0.39 is 5.54 Å². The van der Waals surface area contributed by atoms with Crippen LogP contribution in [0, 0.1) is 6.92 Å². The number of hydrogen-bond acceptors (Lipinski definition) is 4. The summed E-state index contributed by atoms with van der Waals surface area (Å²) in [4.78, 5) is 34.8. The molecular formula is C26H28N6O2. The first-order valence-electron chi connectivity index (χ1n) is 11.4. The van der Waals surface area contributed by atoms with Crippen LogP contribution in [0.4, 0.5) is 0 Å². The largest absolute Gasteiger partial charge is 0.339 e. The van der Waals surface area contributed by atoms with E-state index in [2.05, 4.69) is 10.1 Å². The van der Waals surface area contributed by atoms with Gasteiger partial charge in [0.1, 0.15) is 12.0 Å². The monoisotopic (exact) mass is 456 g/mol. The highest BCUT2D eigenvalue weighted by atomic mass is 16.2. The van der Waals surface area contributed by atoms with Gasteiger partial charge >= 0.3 is 0 Å². The average molecular weight is 457 g/mol. The van der Waals surface area contributed by atoms with Crippen LogP contribution in [0.1, 0.15) is 40.5 Å². The summed E-state index contributed by atoms with van der Waals surface area (Å²) in [5.41, 5.74) is 2.99. The second kappa shape index (κ2) is 8.13. The molecule has 1 fully saturated rings. The van der Waals surface area contributed by atoms with Crippen molar-refractivity contribution in [3.05, 3.63) is 78.0 Å². The van der Waals surface area contributed by atoms with Gasteiger partial charge in [0.15, 0.2) is 0 Å². The summed E-state index contributed by atoms with van der Waals surface area (Å²) < 4.78 is 3.57. The lowest BCUT2D eigenvalue weighted by molar-refractivity contribution is 0.0157. The molecule has 0 saturated carbocycles. The van der Waals surface area contributed by atoms with Gasteiger partial charge in [-0.3, -0.25) is 9.59 Å². The van der Waals surface area contributed by atoms with Gasteiger partial charge in [0, 0.05) is 37.6 Å². The molecule has 1 saturated heterocycles. The molecule has 2 aromatic carbocycles. The predicted molar refractivity (Wildman–Crippen MR) is 130 cm³/mol. The van der Waals surface area contributed by atoms with Crippen LogP contribution < -0.4 is 0 Å². The van der Waals surface area contributed by atoms with Crippen molar-refractivity contribution < 1.29 is 9.59 Å². The van der Waals surface area contributed by atoms with Crippen molar-refractivity contribution in [2.45, 2.75) is 26.3 Å². The summed E-state index contributed by atoms with van der Waals surface area (Å²) in [6.45, 7) is 7.25. The number of para-hydroxylation sites is 2. The number of piperazine rings is 1. The fourth-order valence-corrected chi connectivity index (χ4v) is 4.93. The molecule has 0 bridgehead atoms. The summed E-state index contributed by atoms with van der Waals surface area (Å²) in [6, 6.07) is 17.6. The van der Waals surface area contributed by atoms with Crippen molar-refractivity contribution in [2.75, 3.05) is 19.6 Å². The third-order valence-corrected chi connectivity index (χ3v) is 6.70. The molecule has 1 aliphatic rings. The van der Waals surface area contributed by atoms with Crippen molar-refractivity contribution in [3.63, 3.8) is 0 Å². The van der Waals surface area contributed by atoms with Crippen LogP contribution in [0.15, 0.2) is 60.9 Å². The molecule has 8 nitrogen and oxygen atoms in total. The zero-order valence-electron chi connectivity index (χ0n) is 19.9. The zero-order valence-corrected chi connectivity index (χ0v) is 19.9. The van der Waals surface area contributed by atoms with Crippen LogP contribution in [0.5, 0.6) is 0 Å². The number of rotatable bonds is 3. The molecule has 0 atom stereocenters. The van der Waals surface area contributed by atoms with E-state index in [-0.39, 0.29) is 17.6 Å². The normalized spacial score (nSPS) is 15.6. The van der Waals surface area contributed by atoms with E-state index in [1.165, 1.54) is 0 Å². The Morgan fingerprint density at radius 1 is 0.941 bits per heavy atom. The molecular weight excluding hydrogens is 428 g/mol. The van der Waals surface area contributed by atoms with E-state index in [9.17, 15) is 9.59 Å². The van der Waals surface area contributed by atoms with Crippen molar-refractivity contribution >= 4 is 22.7 Å². The molecule has 2 aromatic heterocycles. The number of carbonyl (C=O) groups excluding carboxylic acids is 2. The van der Waals surface area contributed by atoms with E-state index in [1.54, 1.807) is 15.9 Å². The van der Waals surface area contributed by atoms with E-state index in [0.29, 0.717) is 25.3 Å². The molecule has 0 spiro atoms. The molecule has 0 unspecified atom stereocenters. The predicted octanol–water partition coefficient (Wildman–Crippen LogP) is 3.44. The molecule has 5 rings (SSSR count). The quantitative estimate of drug-likeness (QED) is 0.473. The van der Waals surface area contributed by atoms with Gasteiger partial charge in [-0.15, -0.1) is 5.10 Å². The first kappa shape index (κ1) is 21.9. The Kier molecular flexibility index (Phi) is 5.23. The number of hydrogen-bond donors (Lipinski definition) is 0. The number of aryl methyl sites for hydroxylation is 2. The molecule has 0 N–H and O–H groups in total. The highest BCUT2D eigenvalue weighted by Crippen LogP contribution is 2.28. The Morgan fingerprint density at radius 2 is 1.65 bits per heavy atom. The summed E-state index contributed by atoms with van der Waals surface area (Å²) in [6.07, 6.45) is 1.55. The minimum Gasteiger partial charge on any atom is -0.339 e. The Morgan fingerprint density at radius 3 is 2.35 bits per heavy atom. The standard InChI is InChI=1S/C26H28N6O2/c1-18-20-12-8-9-13-21(20)29(4)22(18)24(33)30-14-15-31(26(2,3)16-30)25(34)23-27-17-32(28-23)19-10-6-5-7-11-19/h5-13,17H,14-16H2,1-4H3. The molecule has 4 aromatic rings. The molecule has 2 amide bonds. The average Bonchev–Trinajstić information content (AvgIpc) is 3.42. The van der Waals surface area contributed by atoms with Crippen LogP contribution in [0.2, 0.25) is 0 Å². The Labute approximate surface area is 198 Å². The van der Waals surface area contributed by atoms with Crippen LogP contribution >= 0.6 is 0 Å². The van der Waals surface area contributed by atoms with E-state index in [0.717, 1.165) is 22.2 Å². The van der Waals surface area contributed by atoms with Crippen molar-refractivity contribution in [1.82, 2.24) is 29.1 Å². The molecule has 34 heavy (non-hydrogen) atoms. The zero-order chi connectivity index (χ0) is 24.0. The fraction of sp³-hybridized carbons (Fsp3) is 0.308. The molecule has 0 aliphatic carbocycles. The minimum absolute atomic E-state index is 0.0112. The van der Waals surface area contributed by atoms with Crippen LogP contribution in [0.25, 0.3) is 16.6 Å². The highest BCUT2D eigenvalue weighted by Gasteiger charge is 2.40. The Hall–Kier alpha value is -3.94. The van der Waals surface area contributed by atoms with E-state index >= 15 is 0 Å². The van der Waals surface area contributed by atoms with Gasteiger partial charge in [0.2, 0.25) is 5.82 Å². The second-order valence-electron chi connectivity index (χ2n) is 9.39. The summed E-state index contributed by atoms with van der Waals surface area (Å²) in [5, 5.41) is 5.49. The second-order valence-corrected chi connectivity index (χ2v) is 9.39. The number of aromatic nitrogens is 4. The molecule has 3 heterocycles. The SMILES string of the molecule is Cc1c(C(=O)N2CCN(C(=O)c3ncn(-c4ccccc4)n3)C(C)(C)C2)n(C)c2ccccc12. The Balaban J connectivity index is 1.36. The first-order valence-corrected chi connectivity index (χ1v) is 11.4. The third-order valence-electron chi connectivity index (χ3n) is 6.70. The van der Waals surface area contributed by atoms with Gasteiger partial charge in [-0.25, -0.2) is 9.67 Å². The first-order chi connectivity index (χ1) is 16.3. The number of fused-ring (bicyclic) bond motifs is 1. The van der Waals surface area contributed by atoms with E-state index in [4.69, 9.17) is 0 Å². The molecule has 1 aliphatic heterocycles. The highest BCUT2D eigenvalue weighted by molar-refractivity contribution is 6.01. The number of benzene rings is 2. The maximum Gasteiger partial charge on any atom is 0.294 e. The maximum absolute atomic E-state index is 13.6. The molecule has 174 valence electrons. The lowest BCUT2D eigenvalue weighted by atomic mass is 9.98. The van der Waals surface area contributed by atoms with Crippen molar-refractivity contribution in [1.29, 1.82) is 0 Å². The lowest BCUT2D eigenvalue weighted by Gasteiger charge is -2.46. The fourth-order valence-electron chi connectivity index (χ4n) is 4.93. The van der Waals surface area contributed by atoms with E-state index in [1.807, 2.05) is 91.9 Å². The van der Waals surface area contributed by atoms with Gasteiger partial charge in [0.25, 0.3) is 11.8 Å². The summed E-state index contributed by atoms with van der Waals surface area (Å²) in [5.74, 6) is -0.0864. The van der Waals surface area contributed by atoms with Crippen LogP contribution in [-0.4, -0.2) is 66.1 Å². The van der Waals surface area contributed by atoms with Gasteiger partial charge < -0.3 is 14.4 Å². The maximum atomic E-state index is 13.6. The summed E-state index contributed by atoms with van der Waals surface area (Å²) in [7, 11) is 1.93. The Bertz CT molecular complexity index is 1350.